The summed E-state index contributed by atoms with van der Waals surface area (Å²) < 4.78 is 12.3. The minimum Gasteiger partial charge on any atom is -0.458 e. The molecule has 2 aliphatic heterocycles. The van der Waals surface area contributed by atoms with E-state index in [1.54, 1.807) is 0 Å². The number of ether oxygens (including phenoxy) is 2. The van der Waals surface area contributed by atoms with Crippen LogP contribution in [0.2, 0.25) is 0 Å². The van der Waals surface area contributed by atoms with E-state index in [2.05, 4.69) is 38.1 Å². The van der Waals surface area contributed by atoms with E-state index in [4.69, 9.17) is 9.47 Å². The average Bonchev–Trinajstić information content (AvgIpc) is 2.56. The maximum Gasteiger partial charge on any atom is 0.260 e. The second-order valence-corrected chi connectivity index (χ2v) is 6.32. The summed E-state index contributed by atoms with van der Waals surface area (Å²) in [5.74, 6) is 3.69. The summed E-state index contributed by atoms with van der Waals surface area (Å²) in [5.41, 5.74) is 6.12. The number of rotatable bonds is 0. The van der Waals surface area contributed by atoms with Crippen molar-refractivity contribution in [3.63, 3.8) is 0 Å². The molecular formula is C20H15BO2. The summed E-state index contributed by atoms with van der Waals surface area (Å²) in [6, 6.07) is 18.8. The first-order chi connectivity index (χ1) is 11.2. The molecule has 0 unspecified atom stereocenters. The summed E-state index contributed by atoms with van der Waals surface area (Å²) in [6.45, 7) is 4.46. The second-order valence-electron chi connectivity index (χ2n) is 6.32. The van der Waals surface area contributed by atoms with Crippen molar-refractivity contribution >= 4 is 23.1 Å². The first kappa shape index (κ1) is 12.8. The molecule has 3 heteroatoms. The molecule has 23 heavy (non-hydrogen) atoms. The summed E-state index contributed by atoms with van der Waals surface area (Å²) in [5, 5.41) is 0. The molecule has 0 aliphatic carbocycles. The zero-order valence-electron chi connectivity index (χ0n) is 13.1. The van der Waals surface area contributed by atoms with E-state index in [-0.39, 0.29) is 6.71 Å². The van der Waals surface area contributed by atoms with Crippen LogP contribution < -0.4 is 25.9 Å². The van der Waals surface area contributed by atoms with Gasteiger partial charge in [0.25, 0.3) is 6.71 Å². The van der Waals surface area contributed by atoms with Crippen LogP contribution in [-0.4, -0.2) is 6.71 Å². The van der Waals surface area contributed by atoms with Crippen LogP contribution in [0.5, 0.6) is 23.0 Å². The Morgan fingerprint density at radius 1 is 0.652 bits per heavy atom. The van der Waals surface area contributed by atoms with Crippen LogP contribution in [0.4, 0.5) is 0 Å². The minimum absolute atomic E-state index is 0.175. The van der Waals surface area contributed by atoms with Gasteiger partial charge in [-0.15, -0.1) is 0 Å². The molecule has 0 saturated heterocycles. The van der Waals surface area contributed by atoms with Gasteiger partial charge < -0.3 is 9.47 Å². The van der Waals surface area contributed by atoms with Crippen LogP contribution in [-0.2, 0) is 0 Å². The smallest absolute Gasteiger partial charge is 0.260 e. The topological polar surface area (TPSA) is 18.5 Å². The van der Waals surface area contributed by atoms with Crippen molar-refractivity contribution in [1.82, 2.24) is 0 Å². The van der Waals surface area contributed by atoms with Gasteiger partial charge in [-0.25, -0.2) is 0 Å². The Bertz CT molecular complexity index is 962. The van der Waals surface area contributed by atoms with Crippen molar-refractivity contribution in [3.05, 3.63) is 65.7 Å². The summed E-state index contributed by atoms with van der Waals surface area (Å²) in [7, 11) is 0. The van der Waals surface area contributed by atoms with E-state index in [1.807, 2.05) is 30.3 Å². The SMILES string of the molecule is Cc1cc2c(cc1C)B1c3ccccc3Oc3cccc(c31)O2. The highest BCUT2D eigenvalue weighted by Gasteiger charge is 2.39. The predicted molar refractivity (Wildman–Crippen MR) is 93.6 cm³/mol. The van der Waals surface area contributed by atoms with E-state index < -0.39 is 0 Å². The van der Waals surface area contributed by atoms with Crippen LogP contribution in [0.25, 0.3) is 0 Å². The van der Waals surface area contributed by atoms with Gasteiger partial charge >= 0.3 is 0 Å². The lowest BCUT2D eigenvalue weighted by Crippen LogP contribution is -2.57. The second kappa shape index (κ2) is 4.42. The molecule has 2 nitrogen and oxygen atoms in total. The Morgan fingerprint density at radius 2 is 1.30 bits per heavy atom. The molecule has 0 N–H and O–H groups in total. The van der Waals surface area contributed by atoms with Gasteiger partial charge in [0.05, 0.1) is 0 Å². The van der Waals surface area contributed by atoms with Gasteiger partial charge in [-0.2, -0.15) is 0 Å². The zero-order chi connectivity index (χ0) is 15.6. The molecule has 110 valence electrons. The van der Waals surface area contributed by atoms with Crippen LogP contribution in [0.1, 0.15) is 11.1 Å². The normalized spacial score (nSPS) is 13.4. The first-order valence-electron chi connectivity index (χ1n) is 7.91. The van der Waals surface area contributed by atoms with Gasteiger partial charge in [-0.3, -0.25) is 0 Å². The van der Waals surface area contributed by atoms with Gasteiger partial charge in [-0.05, 0) is 60.2 Å². The maximum absolute atomic E-state index is 6.20. The van der Waals surface area contributed by atoms with Gasteiger partial charge in [0, 0.05) is 5.46 Å². The fraction of sp³-hybridized carbons (Fsp3) is 0.100. The molecule has 0 amide bonds. The molecule has 0 fully saturated rings. The van der Waals surface area contributed by atoms with E-state index in [9.17, 15) is 0 Å². The average molecular weight is 298 g/mol. The molecule has 3 aromatic carbocycles. The van der Waals surface area contributed by atoms with Crippen molar-refractivity contribution < 1.29 is 9.47 Å². The lowest BCUT2D eigenvalue weighted by Gasteiger charge is -2.33. The van der Waals surface area contributed by atoms with Gasteiger partial charge in [0.1, 0.15) is 23.0 Å². The van der Waals surface area contributed by atoms with E-state index >= 15 is 0 Å². The molecule has 0 atom stereocenters. The van der Waals surface area contributed by atoms with Crippen molar-refractivity contribution in [2.24, 2.45) is 0 Å². The molecule has 0 bridgehead atoms. The first-order valence-corrected chi connectivity index (χ1v) is 7.91. The van der Waals surface area contributed by atoms with Gasteiger partial charge in [-0.1, -0.05) is 30.3 Å². The summed E-state index contributed by atoms with van der Waals surface area (Å²) in [4.78, 5) is 0. The van der Waals surface area contributed by atoms with Crippen LogP contribution in [0, 0.1) is 13.8 Å². The Morgan fingerprint density at radius 3 is 2.13 bits per heavy atom. The molecule has 5 rings (SSSR count). The van der Waals surface area contributed by atoms with Crippen molar-refractivity contribution in [1.29, 1.82) is 0 Å². The Hall–Kier alpha value is -2.68. The maximum atomic E-state index is 6.20. The quantitative estimate of drug-likeness (QED) is 0.409. The third kappa shape index (κ3) is 1.71. The molecule has 2 heterocycles. The fourth-order valence-corrected chi connectivity index (χ4v) is 3.64. The van der Waals surface area contributed by atoms with Gasteiger partial charge in [0.2, 0.25) is 0 Å². The van der Waals surface area contributed by atoms with Crippen LogP contribution in [0.3, 0.4) is 0 Å². The zero-order valence-corrected chi connectivity index (χ0v) is 13.1. The third-order valence-electron chi connectivity index (χ3n) is 4.92. The number of benzene rings is 3. The van der Waals surface area contributed by atoms with E-state index in [0.717, 1.165) is 28.5 Å². The Kier molecular flexibility index (Phi) is 2.46. The van der Waals surface area contributed by atoms with Crippen LogP contribution in [0.15, 0.2) is 54.6 Å². The Balaban J connectivity index is 1.86. The minimum atomic E-state index is 0.175. The molecule has 0 aromatic heterocycles. The highest BCUT2D eigenvalue weighted by Crippen LogP contribution is 2.34. The monoisotopic (exact) mass is 298 g/mol. The molecule has 0 saturated carbocycles. The molecule has 3 aromatic rings. The molecule has 2 aliphatic rings. The number of hydrogen-bond donors (Lipinski definition) is 0. The van der Waals surface area contributed by atoms with Gasteiger partial charge in [0.15, 0.2) is 0 Å². The van der Waals surface area contributed by atoms with E-state index in [0.29, 0.717) is 0 Å². The van der Waals surface area contributed by atoms with Crippen molar-refractivity contribution in [2.45, 2.75) is 13.8 Å². The molecular weight excluding hydrogens is 283 g/mol. The molecule has 0 radical (unpaired) electrons. The van der Waals surface area contributed by atoms with Crippen LogP contribution >= 0.6 is 0 Å². The van der Waals surface area contributed by atoms with Crippen molar-refractivity contribution in [3.8, 4) is 23.0 Å². The highest BCUT2D eigenvalue weighted by atomic mass is 16.5. The number of aryl methyl sites for hydroxylation is 2. The lowest BCUT2D eigenvalue weighted by atomic mass is 9.34. The van der Waals surface area contributed by atoms with E-state index in [1.165, 1.54) is 22.1 Å². The largest absolute Gasteiger partial charge is 0.458 e. The number of hydrogen-bond acceptors (Lipinski definition) is 2. The highest BCUT2D eigenvalue weighted by molar-refractivity contribution is 6.98. The molecule has 0 spiro atoms. The lowest BCUT2D eigenvalue weighted by molar-refractivity contribution is 0.464. The number of para-hydroxylation sites is 1. The predicted octanol–water partition coefficient (Wildman–Crippen LogP) is 3.03. The number of fused-ring (bicyclic) bond motifs is 4. The fourth-order valence-electron chi connectivity index (χ4n) is 3.64. The van der Waals surface area contributed by atoms with Crippen molar-refractivity contribution in [2.75, 3.05) is 0 Å². The third-order valence-corrected chi connectivity index (χ3v) is 4.92. The summed E-state index contributed by atoms with van der Waals surface area (Å²) >= 11 is 0. The summed E-state index contributed by atoms with van der Waals surface area (Å²) in [6.07, 6.45) is 0. The standard InChI is InChI=1S/C20H15BO2/c1-12-10-15-19(11-13(12)2)23-18-9-5-8-17-20(18)21(15)14-6-3-4-7-16(14)22-17/h3-11H,1-2H3. The Labute approximate surface area is 135 Å².